The first-order valence-corrected chi connectivity index (χ1v) is 8.36. The highest BCUT2D eigenvalue weighted by Gasteiger charge is 2.42. The molecule has 0 spiro atoms. The van der Waals surface area contributed by atoms with Crippen LogP contribution in [-0.4, -0.2) is 43.3 Å². The minimum Gasteiger partial charge on any atom is -0.327 e. The van der Waals surface area contributed by atoms with E-state index in [9.17, 15) is 4.79 Å². The van der Waals surface area contributed by atoms with Gasteiger partial charge in [0.05, 0.1) is 11.3 Å². The first-order valence-electron chi connectivity index (χ1n) is 6.20. The van der Waals surface area contributed by atoms with Crippen LogP contribution in [0.5, 0.6) is 0 Å². The number of carbonyl (C=O) groups is 1. The van der Waals surface area contributed by atoms with E-state index in [4.69, 9.17) is 0 Å². The second kappa shape index (κ2) is 4.78. The highest BCUT2D eigenvalue weighted by molar-refractivity contribution is 6.71. The first kappa shape index (κ1) is 13.2. The number of hydrogen-bond acceptors (Lipinski definition) is 2. The number of hydrogen-bond donors (Lipinski definition) is 1. The lowest BCUT2D eigenvalue weighted by Crippen LogP contribution is -2.46. The van der Waals surface area contributed by atoms with E-state index in [2.05, 4.69) is 29.7 Å². The van der Waals surface area contributed by atoms with Crippen molar-refractivity contribution in [3.8, 4) is 0 Å². The van der Waals surface area contributed by atoms with Crippen LogP contribution in [0.25, 0.3) is 0 Å². The van der Waals surface area contributed by atoms with Crippen LogP contribution in [0.2, 0.25) is 6.55 Å². The zero-order valence-corrected chi connectivity index (χ0v) is 12.4. The summed E-state index contributed by atoms with van der Waals surface area (Å²) in [4.78, 5) is 14.0. The van der Waals surface area contributed by atoms with Crippen LogP contribution >= 0.6 is 0 Å². The molecule has 0 radical (unpaired) electrons. The monoisotopic (exact) mass is 260 g/mol. The fraction of sp³-hybridized carbons (Fsp3) is 0.429. The maximum absolute atomic E-state index is 12.2. The molecule has 1 heterocycles. The van der Waals surface area contributed by atoms with Crippen molar-refractivity contribution in [1.29, 1.82) is 0 Å². The standard InChI is InChI=1S/C14H20N2OSi/c1-14(2)15-12(13(17)16(14)3)18(4)10-11-8-6-5-7-9-11/h5-10,12,15H,1-4H3/b18-10+. The van der Waals surface area contributed by atoms with E-state index >= 15 is 0 Å². The largest absolute Gasteiger partial charge is 0.327 e. The number of amides is 1. The second-order valence-electron chi connectivity index (χ2n) is 5.33. The summed E-state index contributed by atoms with van der Waals surface area (Å²) in [6.07, 6.45) is 0. The SMILES string of the molecule is CN1C(=O)C(/[Si](C)=C/c2ccccc2)NC1(C)C. The van der Waals surface area contributed by atoms with E-state index in [-0.39, 0.29) is 17.2 Å². The molecule has 0 saturated carbocycles. The van der Waals surface area contributed by atoms with Crippen LogP contribution in [0.4, 0.5) is 0 Å². The summed E-state index contributed by atoms with van der Waals surface area (Å²) in [7, 11) is 0.970. The highest BCUT2D eigenvalue weighted by atomic mass is 28.2. The first-order chi connectivity index (χ1) is 8.42. The molecule has 1 fully saturated rings. The Morgan fingerprint density at radius 1 is 1.33 bits per heavy atom. The molecule has 1 aliphatic heterocycles. The molecule has 1 aliphatic rings. The van der Waals surface area contributed by atoms with Crippen LogP contribution < -0.4 is 5.32 Å². The summed E-state index contributed by atoms with van der Waals surface area (Å²) in [5.41, 5.74) is 3.18. The van der Waals surface area contributed by atoms with E-state index in [1.807, 2.05) is 44.0 Å². The van der Waals surface area contributed by atoms with Gasteiger partial charge in [-0.15, -0.1) is 0 Å². The molecule has 1 unspecified atom stereocenters. The number of carbonyl (C=O) groups excluding carboxylic acids is 1. The van der Waals surface area contributed by atoms with Crippen molar-refractivity contribution >= 4 is 20.0 Å². The lowest BCUT2D eigenvalue weighted by Gasteiger charge is -2.27. The third kappa shape index (κ3) is 2.44. The summed E-state index contributed by atoms with van der Waals surface area (Å²) in [5.74, 6) is 0.212. The Labute approximate surface area is 110 Å². The number of rotatable bonds is 2. The fourth-order valence-electron chi connectivity index (χ4n) is 2.19. The van der Waals surface area contributed by atoms with Crippen molar-refractivity contribution < 1.29 is 4.79 Å². The summed E-state index contributed by atoms with van der Waals surface area (Å²) in [6, 6.07) is 10.2. The van der Waals surface area contributed by atoms with Crippen LogP contribution in [0.15, 0.2) is 30.3 Å². The van der Waals surface area contributed by atoms with Crippen molar-refractivity contribution in [3.05, 3.63) is 35.9 Å². The average Bonchev–Trinajstić information content (AvgIpc) is 2.54. The molecular weight excluding hydrogens is 240 g/mol. The predicted molar refractivity (Wildman–Crippen MR) is 77.0 cm³/mol. The van der Waals surface area contributed by atoms with Gasteiger partial charge in [0.2, 0.25) is 5.91 Å². The summed E-state index contributed by atoms with van der Waals surface area (Å²) in [6.45, 7) is 6.27. The normalized spacial score (nSPS) is 23.6. The molecule has 1 saturated heterocycles. The molecule has 4 heteroatoms. The molecule has 1 aromatic carbocycles. The highest BCUT2D eigenvalue weighted by Crippen LogP contribution is 2.18. The van der Waals surface area contributed by atoms with E-state index in [1.54, 1.807) is 0 Å². The number of likely N-dealkylation sites (N-methyl/N-ethyl adjacent to an activating group) is 1. The minimum atomic E-state index is -0.898. The van der Waals surface area contributed by atoms with Gasteiger partial charge in [0.25, 0.3) is 0 Å². The van der Waals surface area contributed by atoms with E-state index < -0.39 is 8.41 Å². The quantitative estimate of drug-likeness (QED) is 0.812. The van der Waals surface area contributed by atoms with Crippen molar-refractivity contribution in [2.45, 2.75) is 31.7 Å². The Morgan fingerprint density at radius 3 is 2.44 bits per heavy atom. The van der Waals surface area contributed by atoms with Crippen LogP contribution in [0.3, 0.4) is 0 Å². The van der Waals surface area contributed by atoms with Gasteiger partial charge in [0, 0.05) is 15.5 Å². The third-order valence-corrected chi connectivity index (χ3v) is 5.65. The lowest BCUT2D eigenvalue weighted by atomic mass is 10.2. The molecule has 3 nitrogen and oxygen atoms in total. The molecule has 96 valence electrons. The lowest BCUT2D eigenvalue weighted by molar-refractivity contribution is -0.128. The Kier molecular flexibility index (Phi) is 3.50. The zero-order valence-electron chi connectivity index (χ0n) is 11.4. The van der Waals surface area contributed by atoms with Gasteiger partial charge < -0.3 is 4.90 Å². The Morgan fingerprint density at radius 2 is 1.94 bits per heavy atom. The molecule has 0 bridgehead atoms. The van der Waals surface area contributed by atoms with E-state index in [1.165, 1.54) is 5.56 Å². The molecule has 18 heavy (non-hydrogen) atoms. The number of nitrogens with one attached hydrogen (secondary N) is 1. The number of benzene rings is 1. The zero-order chi connectivity index (χ0) is 13.3. The average molecular weight is 260 g/mol. The molecule has 0 aromatic heterocycles. The van der Waals surface area contributed by atoms with Crippen molar-refractivity contribution in [2.75, 3.05) is 7.05 Å². The molecule has 1 amide bonds. The van der Waals surface area contributed by atoms with Gasteiger partial charge in [-0.3, -0.25) is 10.1 Å². The Balaban J connectivity index is 2.23. The van der Waals surface area contributed by atoms with Crippen LogP contribution in [0.1, 0.15) is 19.4 Å². The molecule has 1 N–H and O–H groups in total. The van der Waals surface area contributed by atoms with Crippen molar-refractivity contribution in [2.24, 2.45) is 0 Å². The van der Waals surface area contributed by atoms with Gasteiger partial charge >= 0.3 is 0 Å². The predicted octanol–water partition coefficient (Wildman–Crippen LogP) is 1.25. The van der Waals surface area contributed by atoms with Gasteiger partial charge in [-0.25, -0.2) is 0 Å². The van der Waals surface area contributed by atoms with E-state index in [0.29, 0.717) is 0 Å². The maximum Gasteiger partial charge on any atom is 0.241 e. The van der Waals surface area contributed by atoms with Gasteiger partial charge in [-0.2, -0.15) is 0 Å². The molecule has 1 aromatic rings. The Hall–Kier alpha value is -1.26. The third-order valence-electron chi connectivity index (χ3n) is 3.56. The van der Waals surface area contributed by atoms with Crippen LogP contribution in [0, 0.1) is 0 Å². The van der Waals surface area contributed by atoms with E-state index in [0.717, 1.165) is 0 Å². The van der Waals surface area contributed by atoms with Crippen molar-refractivity contribution in [3.63, 3.8) is 0 Å². The van der Waals surface area contributed by atoms with Gasteiger partial charge in [-0.1, -0.05) is 42.6 Å². The maximum atomic E-state index is 12.2. The van der Waals surface area contributed by atoms with Gasteiger partial charge in [0.15, 0.2) is 0 Å². The number of nitrogens with zero attached hydrogens (tertiary/aromatic N) is 1. The summed E-state index contributed by atoms with van der Waals surface area (Å²) in [5, 5.41) is 3.44. The minimum absolute atomic E-state index is 0.0322. The van der Waals surface area contributed by atoms with Crippen LogP contribution in [-0.2, 0) is 4.79 Å². The topological polar surface area (TPSA) is 32.3 Å². The second-order valence-corrected chi connectivity index (χ2v) is 7.69. The molecule has 1 atom stereocenters. The molecular formula is C14H20N2OSi. The van der Waals surface area contributed by atoms with Gasteiger partial charge in [-0.05, 0) is 19.4 Å². The Bertz CT molecular complexity index is 482. The van der Waals surface area contributed by atoms with Crippen molar-refractivity contribution in [1.82, 2.24) is 10.2 Å². The van der Waals surface area contributed by atoms with Gasteiger partial charge in [0.1, 0.15) is 0 Å². The smallest absolute Gasteiger partial charge is 0.241 e. The molecule has 0 aliphatic carbocycles. The summed E-state index contributed by atoms with van der Waals surface area (Å²) < 4.78 is 0. The summed E-state index contributed by atoms with van der Waals surface area (Å²) >= 11 is 0. The fourth-order valence-corrected chi connectivity index (χ4v) is 4.23. The molecule has 2 rings (SSSR count).